The lowest BCUT2D eigenvalue weighted by Crippen LogP contribution is -2.33. The zero-order valence-corrected chi connectivity index (χ0v) is 16.5. The van der Waals surface area contributed by atoms with Crippen LogP contribution in [0, 0.1) is 0 Å². The highest BCUT2D eigenvalue weighted by atomic mass is 32.1. The van der Waals surface area contributed by atoms with Crippen LogP contribution >= 0.6 is 22.7 Å². The number of anilines is 1. The van der Waals surface area contributed by atoms with E-state index in [0.717, 1.165) is 14.6 Å². The molecular formula is C18H17N5O4S2. The van der Waals surface area contributed by atoms with Crippen LogP contribution in [0.5, 0.6) is 0 Å². The molecule has 5 rings (SSSR count). The van der Waals surface area contributed by atoms with Gasteiger partial charge in [0.25, 0.3) is 0 Å². The molecule has 29 heavy (non-hydrogen) atoms. The van der Waals surface area contributed by atoms with E-state index in [0.29, 0.717) is 16.9 Å². The molecule has 0 saturated carbocycles. The van der Waals surface area contributed by atoms with Crippen LogP contribution in [0.2, 0.25) is 0 Å². The van der Waals surface area contributed by atoms with Crippen molar-refractivity contribution in [3.8, 4) is 20.3 Å². The van der Waals surface area contributed by atoms with Gasteiger partial charge < -0.3 is 25.8 Å². The zero-order chi connectivity index (χ0) is 20.1. The summed E-state index contributed by atoms with van der Waals surface area (Å²) in [6, 6.07) is 8.05. The number of nitrogen functional groups attached to an aromatic ring is 1. The number of fused-ring (bicyclic) bond motifs is 1. The van der Waals surface area contributed by atoms with E-state index in [1.165, 1.54) is 10.9 Å². The maximum Gasteiger partial charge on any atom is 0.222 e. The lowest BCUT2D eigenvalue weighted by atomic mass is 10.1. The van der Waals surface area contributed by atoms with Gasteiger partial charge in [0, 0.05) is 9.75 Å². The number of hydrogen-bond acceptors (Lipinski definition) is 10. The summed E-state index contributed by atoms with van der Waals surface area (Å²) in [7, 11) is 0. The third-order valence-electron chi connectivity index (χ3n) is 4.83. The topological polar surface area (TPSA) is 140 Å². The second-order valence-corrected chi connectivity index (χ2v) is 8.66. The summed E-state index contributed by atoms with van der Waals surface area (Å²) in [5.41, 5.74) is 7.44. The smallest absolute Gasteiger partial charge is 0.222 e. The van der Waals surface area contributed by atoms with Crippen LogP contribution in [0.4, 0.5) is 5.95 Å². The minimum atomic E-state index is -1.24. The number of nitrogens with two attached hydrogens (primary N) is 1. The Morgan fingerprint density at radius 2 is 1.93 bits per heavy atom. The van der Waals surface area contributed by atoms with Gasteiger partial charge in [0.2, 0.25) is 5.95 Å². The first kappa shape index (κ1) is 18.6. The van der Waals surface area contributed by atoms with Gasteiger partial charge in [0.05, 0.1) is 17.8 Å². The number of imidazole rings is 1. The largest absolute Gasteiger partial charge is 0.394 e. The Bertz CT molecular complexity index is 1160. The van der Waals surface area contributed by atoms with Crippen molar-refractivity contribution >= 4 is 39.8 Å². The van der Waals surface area contributed by atoms with Crippen LogP contribution in [0.15, 0.2) is 36.0 Å². The molecule has 9 nitrogen and oxygen atoms in total. The lowest BCUT2D eigenvalue weighted by Gasteiger charge is -2.16. The average Bonchev–Trinajstić information content (AvgIpc) is 3.49. The SMILES string of the molecule is Nc1nc(-c2ccc(-c3cccs3)s2)c2ncn([C@@H]3O[C@H](CO)C(O)C3O)c2n1. The van der Waals surface area contributed by atoms with Crippen LogP contribution in [0.25, 0.3) is 31.5 Å². The van der Waals surface area contributed by atoms with E-state index < -0.39 is 31.1 Å². The Kier molecular flexibility index (Phi) is 4.57. The van der Waals surface area contributed by atoms with Crippen molar-refractivity contribution in [2.45, 2.75) is 24.5 Å². The van der Waals surface area contributed by atoms with Crippen molar-refractivity contribution in [2.75, 3.05) is 12.3 Å². The molecule has 0 radical (unpaired) electrons. The van der Waals surface area contributed by atoms with Gasteiger partial charge in [-0.05, 0) is 23.6 Å². The highest BCUT2D eigenvalue weighted by Crippen LogP contribution is 2.39. The monoisotopic (exact) mass is 431 g/mol. The molecule has 4 aromatic rings. The Labute approximate surface area is 172 Å². The van der Waals surface area contributed by atoms with Gasteiger partial charge >= 0.3 is 0 Å². The quantitative estimate of drug-likeness (QED) is 0.381. The second-order valence-electron chi connectivity index (χ2n) is 6.62. The molecule has 0 spiro atoms. The van der Waals surface area contributed by atoms with E-state index in [4.69, 9.17) is 10.5 Å². The normalized spacial score (nSPS) is 24.5. The molecule has 150 valence electrons. The molecule has 1 fully saturated rings. The predicted octanol–water partition coefficient (Wildman–Crippen LogP) is 1.48. The summed E-state index contributed by atoms with van der Waals surface area (Å²) in [5, 5.41) is 31.8. The summed E-state index contributed by atoms with van der Waals surface area (Å²) >= 11 is 3.24. The van der Waals surface area contributed by atoms with Crippen LogP contribution in [-0.4, -0.2) is 59.8 Å². The van der Waals surface area contributed by atoms with Gasteiger partial charge in [-0.1, -0.05) is 6.07 Å². The highest BCUT2D eigenvalue weighted by molar-refractivity contribution is 7.23. The fraction of sp³-hybridized carbons (Fsp3) is 0.278. The van der Waals surface area contributed by atoms with E-state index in [-0.39, 0.29) is 5.95 Å². The molecule has 4 atom stereocenters. The molecule has 0 aliphatic carbocycles. The average molecular weight is 431 g/mol. The van der Waals surface area contributed by atoms with Gasteiger partial charge in [0.1, 0.15) is 29.5 Å². The molecule has 0 amide bonds. The third-order valence-corrected chi connectivity index (χ3v) is 6.99. The van der Waals surface area contributed by atoms with Gasteiger partial charge in [-0.2, -0.15) is 4.98 Å². The number of rotatable bonds is 4. The Balaban J connectivity index is 1.59. The number of ether oxygens (including phenoxy) is 1. The molecule has 11 heteroatoms. The summed E-state index contributed by atoms with van der Waals surface area (Å²) in [5.74, 6) is 0.0621. The molecule has 5 heterocycles. The number of aliphatic hydroxyl groups is 3. The highest BCUT2D eigenvalue weighted by Gasteiger charge is 2.44. The number of aliphatic hydroxyl groups excluding tert-OH is 3. The predicted molar refractivity (Wildman–Crippen MR) is 109 cm³/mol. The number of nitrogens with zero attached hydrogens (tertiary/aromatic N) is 4. The van der Waals surface area contributed by atoms with E-state index in [1.807, 2.05) is 23.6 Å². The first-order valence-corrected chi connectivity index (χ1v) is 10.5. The lowest BCUT2D eigenvalue weighted by molar-refractivity contribution is -0.0511. The number of hydrogen-bond donors (Lipinski definition) is 4. The van der Waals surface area contributed by atoms with Crippen LogP contribution in [-0.2, 0) is 4.74 Å². The zero-order valence-electron chi connectivity index (χ0n) is 14.9. The van der Waals surface area contributed by atoms with Crippen molar-refractivity contribution in [3.63, 3.8) is 0 Å². The second kappa shape index (κ2) is 7.13. The van der Waals surface area contributed by atoms with Crippen molar-refractivity contribution in [3.05, 3.63) is 36.0 Å². The Morgan fingerprint density at radius 3 is 2.66 bits per heavy atom. The summed E-state index contributed by atoms with van der Waals surface area (Å²) in [6.07, 6.45) is -2.82. The van der Waals surface area contributed by atoms with Gasteiger partial charge in [0.15, 0.2) is 11.9 Å². The maximum atomic E-state index is 10.3. The minimum absolute atomic E-state index is 0.0621. The minimum Gasteiger partial charge on any atom is -0.394 e. The molecule has 0 bridgehead atoms. The molecule has 0 aromatic carbocycles. The molecule has 2 unspecified atom stereocenters. The number of thiophene rings is 2. The summed E-state index contributed by atoms with van der Waals surface area (Å²) in [4.78, 5) is 16.2. The molecule has 1 saturated heterocycles. The first-order chi connectivity index (χ1) is 14.1. The molecule has 1 aliphatic rings. The van der Waals surface area contributed by atoms with Gasteiger partial charge in [-0.15, -0.1) is 22.7 Å². The van der Waals surface area contributed by atoms with E-state index >= 15 is 0 Å². The standard InChI is InChI=1S/C18H17N5O4S2/c19-18-21-12(11-4-3-10(29-11)9-2-1-5-28-9)13-16(22-18)23(7-20-13)17-15(26)14(25)8(6-24)27-17/h1-5,7-8,14-15,17,24-26H,6H2,(H2,19,21,22)/t8-,14?,15?,17-/m1/s1. The molecule has 1 aliphatic heterocycles. The molecule has 4 aromatic heterocycles. The van der Waals surface area contributed by atoms with E-state index in [1.54, 1.807) is 22.7 Å². The molecule has 5 N–H and O–H groups in total. The summed E-state index contributed by atoms with van der Waals surface area (Å²) in [6.45, 7) is -0.412. The van der Waals surface area contributed by atoms with Crippen LogP contribution < -0.4 is 5.73 Å². The first-order valence-electron chi connectivity index (χ1n) is 8.83. The van der Waals surface area contributed by atoms with Crippen LogP contribution in [0.3, 0.4) is 0 Å². The van der Waals surface area contributed by atoms with Crippen molar-refractivity contribution < 1.29 is 20.1 Å². The van der Waals surface area contributed by atoms with Crippen LogP contribution in [0.1, 0.15) is 6.23 Å². The fourth-order valence-corrected chi connectivity index (χ4v) is 5.25. The fourth-order valence-electron chi connectivity index (χ4n) is 3.42. The van der Waals surface area contributed by atoms with Crippen molar-refractivity contribution in [1.29, 1.82) is 0 Å². The van der Waals surface area contributed by atoms with Crippen molar-refractivity contribution in [1.82, 2.24) is 19.5 Å². The third kappa shape index (κ3) is 3.03. The Morgan fingerprint density at radius 1 is 1.10 bits per heavy atom. The van der Waals surface area contributed by atoms with E-state index in [2.05, 4.69) is 21.0 Å². The summed E-state index contributed by atoms with van der Waals surface area (Å²) < 4.78 is 7.11. The van der Waals surface area contributed by atoms with E-state index in [9.17, 15) is 15.3 Å². The Hall–Kier alpha value is -2.41. The number of aromatic nitrogens is 4. The van der Waals surface area contributed by atoms with Crippen molar-refractivity contribution in [2.24, 2.45) is 0 Å². The molecular weight excluding hydrogens is 414 g/mol. The van der Waals surface area contributed by atoms with Gasteiger partial charge in [-0.3, -0.25) is 4.57 Å². The van der Waals surface area contributed by atoms with Gasteiger partial charge in [-0.25, -0.2) is 9.97 Å². The maximum absolute atomic E-state index is 10.3.